The van der Waals surface area contributed by atoms with Crippen LogP contribution in [0.1, 0.15) is 126 Å². The summed E-state index contributed by atoms with van der Waals surface area (Å²) >= 11 is 0. The summed E-state index contributed by atoms with van der Waals surface area (Å²) in [5.41, 5.74) is 0.573. The number of ether oxygens (including phenoxy) is 4. The fourth-order valence-corrected chi connectivity index (χ4v) is 16.1. The molecule has 10 fully saturated rings. The van der Waals surface area contributed by atoms with Crippen LogP contribution in [0.25, 0.3) is 0 Å². The van der Waals surface area contributed by atoms with Gasteiger partial charge in [-0.2, -0.15) is 0 Å². The quantitative estimate of drug-likeness (QED) is 0.300. The molecule has 0 aromatic carbocycles. The van der Waals surface area contributed by atoms with Crippen molar-refractivity contribution in [2.45, 2.75) is 174 Å². The minimum Gasteiger partial charge on any atom is -0.443 e. The van der Waals surface area contributed by atoms with Crippen molar-refractivity contribution in [1.29, 1.82) is 0 Å². The number of carbonyl (C=O) groups excluding carboxylic acids is 1. The van der Waals surface area contributed by atoms with Gasteiger partial charge in [0.15, 0.2) is 6.29 Å². The zero-order valence-corrected chi connectivity index (χ0v) is 34.8. The lowest BCUT2D eigenvalue weighted by atomic mass is 9.41. The lowest BCUT2D eigenvalue weighted by Crippen LogP contribution is -2.66. The molecule has 10 rings (SSSR count). The molecule has 6 aliphatic carbocycles. The number of fused-ring (bicyclic) bond motifs is 4. The van der Waals surface area contributed by atoms with E-state index in [0.717, 1.165) is 58.1 Å². The Morgan fingerprint density at radius 2 is 1.59 bits per heavy atom. The zero-order valence-electron chi connectivity index (χ0n) is 34.8. The first-order valence-electron chi connectivity index (χ1n) is 22.8. The van der Waals surface area contributed by atoms with Crippen LogP contribution in [0.15, 0.2) is 0 Å². The van der Waals surface area contributed by atoms with Gasteiger partial charge in [-0.3, -0.25) is 9.80 Å². The Hall–Kier alpha value is -0.970. The first-order valence-corrected chi connectivity index (χ1v) is 22.8. The van der Waals surface area contributed by atoms with Crippen molar-refractivity contribution in [3.8, 4) is 0 Å². The molecule has 1 N–H and O–H groups in total. The van der Waals surface area contributed by atoms with Crippen molar-refractivity contribution in [2.75, 3.05) is 45.9 Å². The molecule has 4 aliphatic heterocycles. The maximum atomic E-state index is 13.0. The van der Waals surface area contributed by atoms with Crippen molar-refractivity contribution >= 4 is 6.09 Å². The lowest BCUT2D eigenvalue weighted by molar-refractivity contribution is -0.254. The van der Waals surface area contributed by atoms with Crippen LogP contribution in [-0.4, -0.2) is 121 Å². The highest BCUT2D eigenvalue weighted by Crippen LogP contribution is 2.89. The summed E-state index contributed by atoms with van der Waals surface area (Å²) in [7, 11) is 0. The van der Waals surface area contributed by atoms with Gasteiger partial charge in [-0.1, -0.05) is 54.9 Å². The van der Waals surface area contributed by atoms with Crippen molar-refractivity contribution < 1.29 is 28.8 Å². The van der Waals surface area contributed by atoms with Crippen LogP contribution in [0.5, 0.6) is 0 Å². The molecule has 304 valence electrons. The minimum atomic E-state index is -0.511. The predicted octanol–water partition coefficient (Wildman–Crippen LogP) is 6.95. The van der Waals surface area contributed by atoms with Crippen LogP contribution < -0.4 is 0 Å². The Bertz CT molecular complexity index is 1460. The Morgan fingerprint density at radius 1 is 0.852 bits per heavy atom. The first-order chi connectivity index (χ1) is 25.7. The second kappa shape index (κ2) is 12.8. The smallest absolute Gasteiger partial charge is 0.410 e. The normalized spacial score (nSPS) is 50.7. The maximum Gasteiger partial charge on any atom is 0.410 e. The van der Waals surface area contributed by atoms with Crippen LogP contribution in [-0.2, 0) is 18.9 Å². The molecule has 0 aromatic rings. The highest BCUT2D eigenvalue weighted by atomic mass is 16.7. The average molecular weight is 752 g/mol. The molecule has 0 aromatic heterocycles. The molecule has 1 amide bonds. The van der Waals surface area contributed by atoms with E-state index in [9.17, 15) is 9.90 Å². The second-order valence-corrected chi connectivity index (χ2v) is 22.1. The van der Waals surface area contributed by atoms with Gasteiger partial charge in [0.2, 0.25) is 0 Å². The van der Waals surface area contributed by atoms with Gasteiger partial charge in [0.05, 0.1) is 31.0 Å². The van der Waals surface area contributed by atoms with Gasteiger partial charge in [0.1, 0.15) is 6.10 Å². The number of morpholine rings is 1. The van der Waals surface area contributed by atoms with E-state index in [2.05, 4.69) is 58.3 Å². The van der Waals surface area contributed by atoms with E-state index >= 15 is 0 Å². The van der Waals surface area contributed by atoms with Gasteiger partial charge >= 0.3 is 6.09 Å². The molecule has 2 spiro atoms. The van der Waals surface area contributed by atoms with Gasteiger partial charge in [-0.05, 0) is 122 Å². The molecular weight excluding hydrogens is 679 g/mol. The number of hydrogen-bond acceptors (Lipinski definition) is 8. The van der Waals surface area contributed by atoms with Gasteiger partial charge in [-0.25, -0.2) is 4.79 Å². The second-order valence-electron chi connectivity index (χ2n) is 22.1. The fraction of sp³-hybridized carbons (Fsp3) is 0.978. The van der Waals surface area contributed by atoms with E-state index in [-0.39, 0.29) is 59.0 Å². The highest BCUT2D eigenvalue weighted by Gasteiger charge is 2.84. The van der Waals surface area contributed by atoms with Crippen molar-refractivity contribution in [3.63, 3.8) is 0 Å². The monoisotopic (exact) mass is 752 g/mol. The van der Waals surface area contributed by atoms with Gasteiger partial charge in [-0.15, -0.1) is 0 Å². The predicted molar refractivity (Wildman–Crippen MR) is 207 cm³/mol. The maximum absolute atomic E-state index is 13.0. The number of nitrogens with zero attached hydrogens (tertiary/aromatic N) is 3. The minimum absolute atomic E-state index is 0.0189. The molecular formula is C45H73N3O6. The number of carbonyl (C=O) groups is 1. The number of aliphatic hydroxyl groups excluding tert-OH is 1. The van der Waals surface area contributed by atoms with Crippen molar-refractivity contribution in [2.24, 2.45) is 56.7 Å². The lowest BCUT2D eigenvalue weighted by Gasteiger charge is -2.64. The summed E-state index contributed by atoms with van der Waals surface area (Å²) in [4.78, 5) is 20.2. The van der Waals surface area contributed by atoms with Crippen molar-refractivity contribution in [1.82, 2.24) is 14.7 Å². The van der Waals surface area contributed by atoms with Crippen molar-refractivity contribution in [3.05, 3.63) is 0 Å². The average Bonchev–Trinajstić information content (AvgIpc) is 3.69. The number of likely N-dealkylation sites (tertiary alicyclic amines) is 2. The molecule has 9 heteroatoms. The molecule has 9 nitrogen and oxygen atoms in total. The molecule has 0 bridgehead atoms. The number of rotatable bonds is 7. The molecule has 4 heterocycles. The Balaban J connectivity index is 0.837. The molecule has 54 heavy (non-hydrogen) atoms. The number of aliphatic hydroxyl groups is 1. The van der Waals surface area contributed by atoms with E-state index < -0.39 is 6.10 Å². The molecule has 10 aliphatic rings. The van der Waals surface area contributed by atoms with Gasteiger partial charge in [0.25, 0.3) is 0 Å². The van der Waals surface area contributed by atoms with E-state index in [1.54, 1.807) is 0 Å². The molecule has 6 saturated carbocycles. The first kappa shape index (κ1) is 37.3. The summed E-state index contributed by atoms with van der Waals surface area (Å²) in [6.07, 6.45) is 13.4. The third-order valence-electron chi connectivity index (χ3n) is 19.5. The molecule has 4 saturated heterocycles. The van der Waals surface area contributed by atoms with Gasteiger partial charge in [0, 0.05) is 56.8 Å². The number of amides is 1. The topological polar surface area (TPSA) is 83.9 Å². The van der Waals surface area contributed by atoms with E-state index in [1.165, 1.54) is 70.9 Å². The van der Waals surface area contributed by atoms with Crippen LogP contribution in [0.3, 0.4) is 0 Å². The summed E-state index contributed by atoms with van der Waals surface area (Å²) in [5.74, 6) is 2.01. The van der Waals surface area contributed by atoms with E-state index in [4.69, 9.17) is 18.9 Å². The van der Waals surface area contributed by atoms with Gasteiger partial charge < -0.3 is 29.0 Å². The SMILES string of the molecule is CC(C)[C@@H](OC(=O)N1CCC1)C1C[C@@H](C)[C@H]2C(O1)[C@H](O)[C@@]1(C)C3CC[C@H]4C(C)(C)[C@@H](O[C@H]5CN(C6CN(C7CCC7)C6)CCO5)CC[C@@]45C[C@@]35CC[C@]21C. The number of hydrogen-bond donors (Lipinski definition) is 1. The summed E-state index contributed by atoms with van der Waals surface area (Å²) in [6, 6.07) is 1.52. The zero-order chi connectivity index (χ0) is 37.6. The third kappa shape index (κ3) is 5.05. The Kier molecular flexibility index (Phi) is 8.82. The van der Waals surface area contributed by atoms with E-state index in [0.29, 0.717) is 40.5 Å². The van der Waals surface area contributed by atoms with E-state index in [1.807, 2.05) is 4.90 Å². The highest BCUT2D eigenvalue weighted by molar-refractivity contribution is 5.68. The Morgan fingerprint density at radius 3 is 2.28 bits per heavy atom. The van der Waals surface area contributed by atoms with Crippen LogP contribution in [0, 0.1) is 56.7 Å². The standard InChI is InChI=1S/C45H73N3O6/c1-27(2)37(54-40(50)46-18-9-19-46)31-22-28(3)36-38(52-31)39(49)43(7)33-13-12-32-41(4,5)34(14-15-44(32)26-45(33,44)17-16-42(36,43)6)53-35-25-47(20-21-51-35)30-23-48(24-30)29-10-8-11-29/h27-39,49H,8-26H2,1-7H3/t28-,31?,32+,33?,34+,35+,36+,37-,38?,39+,42-,43-,44-,45+/m1/s1. The third-order valence-corrected chi connectivity index (χ3v) is 19.5. The summed E-state index contributed by atoms with van der Waals surface area (Å²) in [5, 5.41) is 12.8. The largest absolute Gasteiger partial charge is 0.443 e. The Labute approximate surface area is 325 Å². The molecule has 3 unspecified atom stereocenters. The fourth-order valence-electron chi connectivity index (χ4n) is 16.1. The van der Waals surface area contributed by atoms with Crippen LogP contribution >= 0.6 is 0 Å². The van der Waals surface area contributed by atoms with Crippen LogP contribution in [0.2, 0.25) is 0 Å². The molecule has 0 radical (unpaired) electrons. The summed E-state index contributed by atoms with van der Waals surface area (Å²) < 4.78 is 26.7. The van der Waals surface area contributed by atoms with Crippen LogP contribution in [0.4, 0.5) is 4.79 Å². The summed E-state index contributed by atoms with van der Waals surface area (Å²) in [6.45, 7) is 23.5. The molecule has 14 atom stereocenters.